The summed E-state index contributed by atoms with van der Waals surface area (Å²) in [5, 5.41) is 10.4. The van der Waals surface area contributed by atoms with Crippen LogP contribution in [0.1, 0.15) is 43.4 Å². The van der Waals surface area contributed by atoms with Gasteiger partial charge in [-0.2, -0.15) is 5.10 Å². The first-order valence-corrected chi connectivity index (χ1v) is 10.1. The molecule has 3 aliphatic carbocycles. The maximum absolute atomic E-state index is 12.6. The molecule has 4 aliphatic rings. The number of carbonyl (C=O) groups is 1. The molecule has 2 amide bonds. The molecule has 1 aromatic heterocycles. The minimum Gasteiger partial charge on any atom is -0.335 e. The van der Waals surface area contributed by atoms with Gasteiger partial charge in [0.25, 0.3) is 0 Å². The maximum Gasteiger partial charge on any atom is 0.317 e. The summed E-state index contributed by atoms with van der Waals surface area (Å²) < 4.78 is 0. The van der Waals surface area contributed by atoms with E-state index in [1.165, 1.54) is 36.9 Å². The molecule has 3 fully saturated rings. The lowest BCUT2D eigenvalue weighted by molar-refractivity contribution is 0.0818. The lowest BCUT2D eigenvalue weighted by Crippen LogP contribution is -2.56. The van der Waals surface area contributed by atoms with Gasteiger partial charge in [-0.1, -0.05) is 6.42 Å². The molecule has 136 valence electrons. The van der Waals surface area contributed by atoms with Crippen LogP contribution in [-0.4, -0.2) is 64.3 Å². The summed E-state index contributed by atoms with van der Waals surface area (Å²) in [6, 6.07) is 1.19. The monoisotopic (exact) mass is 343 g/mol. The second kappa shape index (κ2) is 6.31. The predicted molar refractivity (Wildman–Crippen MR) is 95.3 cm³/mol. The molecule has 0 unspecified atom stereocenters. The van der Waals surface area contributed by atoms with E-state index in [0.29, 0.717) is 0 Å². The molecule has 6 nitrogen and oxygen atoms in total. The third kappa shape index (κ3) is 2.94. The number of aromatic nitrogens is 2. The van der Waals surface area contributed by atoms with E-state index in [-0.39, 0.29) is 12.1 Å². The predicted octanol–water partition coefficient (Wildman–Crippen LogP) is 1.78. The summed E-state index contributed by atoms with van der Waals surface area (Å²) in [6.45, 7) is 3.86. The highest BCUT2D eigenvalue weighted by Gasteiger charge is 2.43. The Morgan fingerprint density at radius 2 is 2.04 bits per heavy atom. The van der Waals surface area contributed by atoms with E-state index >= 15 is 0 Å². The maximum atomic E-state index is 12.6. The lowest BCUT2D eigenvalue weighted by atomic mass is 9.93. The van der Waals surface area contributed by atoms with Crippen LogP contribution in [0.2, 0.25) is 0 Å². The number of aromatic amines is 1. The van der Waals surface area contributed by atoms with Crippen molar-refractivity contribution >= 4 is 6.03 Å². The molecule has 2 saturated carbocycles. The van der Waals surface area contributed by atoms with E-state index < -0.39 is 0 Å². The summed E-state index contributed by atoms with van der Waals surface area (Å²) in [6.07, 6.45) is 10.6. The smallest absolute Gasteiger partial charge is 0.317 e. The molecular formula is C19H29N5O. The Kier molecular flexibility index (Phi) is 3.95. The van der Waals surface area contributed by atoms with E-state index in [1.54, 1.807) is 0 Å². The highest BCUT2D eigenvalue weighted by atomic mass is 16.2. The average molecular weight is 343 g/mol. The van der Waals surface area contributed by atoms with Crippen molar-refractivity contribution in [2.24, 2.45) is 11.8 Å². The normalized spacial score (nSPS) is 35.0. The number of hydrogen-bond acceptors (Lipinski definition) is 3. The quantitative estimate of drug-likeness (QED) is 0.860. The number of H-pyrrole nitrogens is 1. The first-order chi connectivity index (χ1) is 12.3. The van der Waals surface area contributed by atoms with E-state index in [4.69, 9.17) is 0 Å². The standard InChI is InChI=1S/C19H29N5O/c25-19(21-16-3-4-17-15(11-16)12-20-22-17)24-7-5-23(6-8-24)18-10-13-1-2-14(18)9-13/h12-14,16,18H,1-11H2,(H,20,22)(H,21,25)/t13-,14-,16-,18-/m0/s1. The van der Waals surface area contributed by atoms with Gasteiger partial charge >= 0.3 is 6.03 Å². The van der Waals surface area contributed by atoms with Crippen LogP contribution in [0.4, 0.5) is 4.79 Å². The number of hydrogen-bond donors (Lipinski definition) is 2. The van der Waals surface area contributed by atoms with Crippen LogP contribution in [0.25, 0.3) is 0 Å². The zero-order chi connectivity index (χ0) is 16.8. The highest BCUT2D eigenvalue weighted by Crippen LogP contribution is 2.46. The van der Waals surface area contributed by atoms with Crippen LogP contribution in [-0.2, 0) is 12.8 Å². The third-order valence-corrected chi connectivity index (χ3v) is 7.12. The summed E-state index contributed by atoms with van der Waals surface area (Å²) in [5.74, 6) is 1.94. The number of fused-ring (bicyclic) bond motifs is 3. The highest BCUT2D eigenvalue weighted by molar-refractivity contribution is 5.74. The molecule has 0 aromatic carbocycles. The van der Waals surface area contributed by atoms with Gasteiger partial charge in [-0.05, 0) is 55.9 Å². The summed E-state index contributed by atoms with van der Waals surface area (Å²) >= 11 is 0. The van der Waals surface area contributed by atoms with Gasteiger partial charge in [0, 0.05) is 44.0 Å². The first kappa shape index (κ1) is 15.7. The molecule has 0 radical (unpaired) electrons. The number of rotatable bonds is 2. The molecule has 25 heavy (non-hydrogen) atoms. The van der Waals surface area contributed by atoms with Crippen molar-refractivity contribution < 1.29 is 4.79 Å². The molecule has 6 heteroatoms. The number of urea groups is 1. The molecule has 2 bridgehead atoms. The van der Waals surface area contributed by atoms with Gasteiger partial charge in [0.15, 0.2) is 0 Å². The number of nitrogens with zero attached hydrogens (tertiary/aromatic N) is 3. The third-order valence-electron chi connectivity index (χ3n) is 7.12. The molecule has 5 rings (SSSR count). The zero-order valence-corrected chi connectivity index (χ0v) is 14.9. The van der Waals surface area contributed by atoms with E-state index in [0.717, 1.165) is 63.3 Å². The van der Waals surface area contributed by atoms with Crippen molar-refractivity contribution in [3.8, 4) is 0 Å². The van der Waals surface area contributed by atoms with Gasteiger partial charge in [0.05, 0.1) is 6.20 Å². The van der Waals surface area contributed by atoms with Crippen LogP contribution in [0, 0.1) is 11.8 Å². The average Bonchev–Trinajstić information content (AvgIpc) is 3.38. The number of aryl methyl sites for hydroxylation is 1. The van der Waals surface area contributed by atoms with Gasteiger partial charge in [-0.25, -0.2) is 4.79 Å². The molecule has 1 aromatic rings. The second-order valence-electron chi connectivity index (χ2n) is 8.53. The Bertz CT molecular complexity index is 636. The zero-order valence-electron chi connectivity index (χ0n) is 14.9. The topological polar surface area (TPSA) is 64.3 Å². The molecule has 2 heterocycles. The number of amides is 2. The number of nitrogens with one attached hydrogen (secondary N) is 2. The molecule has 1 aliphatic heterocycles. The summed E-state index contributed by atoms with van der Waals surface area (Å²) in [5.41, 5.74) is 2.50. The van der Waals surface area contributed by atoms with Crippen LogP contribution in [0.15, 0.2) is 6.20 Å². The Hall–Kier alpha value is -1.56. The fourth-order valence-electron chi connectivity index (χ4n) is 5.72. The second-order valence-corrected chi connectivity index (χ2v) is 8.53. The minimum atomic E-state index is 0.129. The molecule has 1 saturated heterocycles. The van der Waals surface area contributed by atoms with Gasteiger partial charge < -0.3 is 10.2 Å². The summed E-state index contributed by atoms with van der Waals surface area (Å²) in [7, 11) is 0. The van der Waals surface area contributed by atoms with Crippen LogP contribution < -0.4 is 5.32 Å². The molecular weight excluding hydrogens is 314 g/mol. The van der Waals surface area contributed by atoms with E-state index in [2.05, 4.69) is 20.4 Å². The SMILES string of the molecule is O=C(N[C@H]1CCc2[nH]ncc2C1)N1CCN([C@H]2C[C@H]3CC[C@H]2C3)CC1. The van der Waals surface area contributed by atoms with Crippen molar-refractivity contribution in [3.05, 3.63) is 17.5 Å². The Labute approximate surface area is 149 Å². The molecule has 4 atom stereocenters. The number of carbonyl (C=O) groups excluding carboxylic acids is 1. The fraction of sp³-hybridized carbons (Fsp3) is 0.789. The van der Waals surface area contributed by atoms with Gasteiger partial charge in [0.2, 0.25) is 0 Å². The van der Waals surface area contributed by atoms with Gasteiger partial charge in [-0.15, -0.1) is 0 Å². The van der Waals surface area contributed by atoms with E-state index in [1.807, 2.05) is 11.1 Å². The number of piperazine rings is 1. The Balaban J connectivity index is 1.12. The van der Waals surface area contributed by atoms with E-state index in [9.17, 15) is 4.79 Å². The van der Waals surface area contributed by atoms with Crippen molar-refractivity contribution in [2.45, 2.75) is 57.0 Å². The Morgan fingerprint density at radius 1 is 1.16 bits per heavy atom. The van der Waals surface area contributed by atoms with Crippen molar-refractivity contribution in [1.29, 1.82) is 0 Å². The Morgan fingerprint density at radius 3 is 2.80 bits per heavy atom. The first-order valence-electron chi connectivity index (χ1n) is 10.1. The van der Waals surface area contributed by atoms with Gasteiger partial charge in [-0.3, -0.25) is 10.00 Å². The molecule has 0 spiro atoms. The van der Waals surface area contributed by atoms with Crippen molar-refractivity contribution in [2.75, 3.05) is 26.2 Å². The minimum absolute atomic E-state index is 0.129. The largest absolute Gasteiger partial charge is 0.335 e. The van der Waals surface area contributed by atoms with Crippen LogP contribution in [0.3, 0.4) is 0 Å². The van der Waals surface area contributed by atoms with Gasteiger partial charge in [0.1, 0.15) is 0 Å². The van der Waals surface area contributed by atoms with Crippen LogP contribution in [0.5, 0.6) is 0 Å². The van der Waals surface area contributed by atoms with Crippen LogP contribution >= 0.6 is 0 Å². The van der Waals surface area contributed by atoms with Crippen molar-refractivity contribution in [3.63, 3.8) is 0 Å². The van der Waals surface area contributed by atoms with Crippen molar-refractivity contribution in [1.82, 2.24) is 25.3 Å². The fourth-order valence-corrected chi connectivity index (χ4v) is 5.72. The molecule has 2 N–H and O–H groups in total. The summed E-state index contributed by atoms with van der Waals surface area (Å²) in [4.78, 5) is 17.3. The lowest BCUT2D eigenvalue weighted by Gasteiger charge is -2.41.